The standard InChI is InChI=1S/C14H13Cl2F3N2/c1-7(2)3-12-8(6-15)14(16)21(20-12)13-5-10(18)9(17)4-11(13)19/h4-5,7H,3,6H2,1-2H3. The number of hydrogen-bond acceptors (Lipinski definition) is 1. The van der Waals surface area contributed by atoms with E-state index in [1.54, 1.807) is 0 Å². The molecule has 7 heteroatoms. The lowest BCUT2D eigenvalue weighted by Crippen LogP contribution is -2.04. The zero-order valence-electron chi connectivity index (χ0n) is 11.4. The molecule has 114 valence electrons. The summed E-state index contributed by atoms with van der Waals surface area (Å²) in [6, 6.07) is 1.19. The smallest absolute Gasteiger partial charge is 0.161 e. The van der Waals surface area contributed by atoms with Gasteiger partial charge in [-0.05, 0) is 12.3 Å². The molecule has 0 atom stereocenters. The molecule has 0 aliphatic rings. The summed E-state index contributed by atoms with van der Waals surface area (Å²) in [5, 5.41) is 4.30. The van der Waals surface area contributed by atoms with Crippen LogP contribution in [0.15, 0.2) is 12.1 Å². The molecule has 0 saturated heterocycles. The molecule has 0 saturated carbocycles. The summed E-state index contributed by atoms with van der Waals surface area (Å²) in [6.07, 6.45) is 0.597. The van der Waals surface area contributed by atoms with Gasteiger partial charge in [0.15, 0.2) is 17.5 Å². The Balaban J connectivity index is 2.59. The normalized spacial score (nSPS) is 11.4. The molecule has 0 unspecified atom stereocenters. The van der Waals surface area contributed by atoms with Gasteiger partial charge in [0.05, 0.1) is 11.6 Å². The van der Waals surface area contributed by atoms with Crippen molar-refractivity contribution in [2.45, 2.75) is 26.1 Å². The van der Waals surface area contributed by atoms with Crippen LogP contribution in [-0.4, -0.2) is 9.78 Å². The van der Waals surface area contributed by atoms with Crippen molar-refractivity contribution in [2.75, 3.05) is 0 Å². The Bertz CT molecular complexity index is 669. The van der Waals surface area contributed by atoms with Crippen molar-refractivity contribution in [1.82, 2.24) is 9.78 Å². The monoisotopic (exact) mass is 336 g/mol. The quantitative estimate of drug-likeness (QED) is 0.574. The van der Waals surface area contributed by atoms with Crippen molar-refractivity contribution in [1.29, 1.82) is 0 Å². The Hall–Kier alpha value is -1.20. The first-order chi connectivity index (χ1) is 9.85. The Labute approximate surface area is 130 Å². The Kier molecular flexibility index (Phi) is 4.84. The fourth-order valence-electron chi connectivity index (χ4n) is 1.99. The largest absolute Gasteiger partial charge is 0.219 e. The first kappa shape index (κ1) is 16.2. The lowest BCUT2D eigenvalue weighted by molar-refractivity contribution is 0.491. The number of halogens is 5. The maximum absolute atomic E-state index is 13.8. The van der Waals surface area contributed by atoms with Gasteiger partial charge in [-0.1, -0.05) is 25.4 Å². The van der Waals surface area contributed by atoms with Gasteiger partial charge < -0.3 is 0 Å². The van der Waals surface area contributed by atoms with Crippen LogP contribution in [-0.2, 0) is 12.3 Å². The van der Waals surface area contributed by atoms with E-state index in [-0.39, 0.29) is 16.7 Å². The van der Waals surface area contributed by atoms with E-state index in [1.165, 1.54) is 0 Å². The van der Waals surface area contributed by atoms with Gasteiger partial charge in [0, 0.05) is 17.7 Å². The minimum Gasteiger partial charge on any atom is -0.219 e. The Morgan fingerprint density at radius 3 is 2.33 bits per heavy atom. The molecule has 1 heterocycles. The third-order valence-corrected chi connectivity index (χ3v) is 3.61. The molecule has 21 heavy (non-hydrogen) atoms. The molecule has 0 aliphatic heterocycles. The number of hydrogen-bond donors (Lipinski definition) is 0. The van der Waals surface area contributed by atoms with Crippen LogP contribution in [0.5, 0.6) is 0 Å². The van der Waals surface area contributed by atoms with E-state index in [9.17, 15) is 13.2 Å². The number of aromatic nitrogens is 2. The Morgan fingerprint density at radius 1 is 1.14 bits per heavy atom. The van der Waals surface area contributed by atoms with Crippen LogP contribution in [0.4, 0.5) is 13.2 Å². The highest BCUT2D eigenvalue weighted by Gasteiger charge is 2.20. The highest BCUT2D eigenvalue weighted by Crippen LogP contribution is 2.28. The van der Waals surface area contributed by atoms with E-state index in [1.807, 2.05) is 13.8 Å². The third-order valence-electron chi connectivity index (χ3n) is 2.96. The second kappa shape index (κ2) is 6.28. The molecule has 0 radical (unpaired) electrons. The second-order valence-corrected chi connectivity index (χ2v) is 5.70. The first-order valence-electron chi connectivity index (χ1n) is 6.32. The van der Waals surface area contributed by atoms with Crippen LogP contribution in [0.1, 0.15) is 25.1 Å². The topological polar surface area (TPSA) is 17.8 Å². The van der Waals surface area contributed by atoms with Crippen LogP contribution >= 0.6 is 23.2 Å². The fraction of sp³-hybridized carbons (Fsp3) is 0.357. The number of rotatable bonds is 4. The predicted molar refractivity (Wildman–Crippen MR) is 76.5 cm³/mol. The van der Waals surface area contributed by atoms with Crippen molar-refractivity contribution in [3.8, 4) is 5.69 Å². The van der Waals surface area contributed by atoms with Gasteiger partial charge in [0.1, 0.15) is 10.8 Å². The maximum atomic E-state index is 13.8. The second-order valence-electron chi connectivity index (χ2n) is 5.08. The summed E-state index contributed by atoms with van der Waals surface area (Å²) >= 11 is 12.0. The summed E-state index contributed by atoms with van der Waals surface area (Å²) in [7, 11) is 0. The van der Waals surface area contributed by atoms with E-state index in [4.69, 9.17) is 23.2 Å². The van der Waals surface area contributed by atoms with Crippen LogP contribution < -0.4 is 0 Å². The van der Waals surface area contributed by atoms with E-state index in [2.05, 4.69) is 5.10 Å². The zero-order chi connectivity index (χ0) is 15.7. The van der Waals surface area contributed by atoms with Crippen molar-refractivity contribution in [2.24, 2.45) is 5.92 Å². The molecular formula is C14H13Cl2F3N2. The number of alkyl halides is 1. The molecule has 2 aromatic rings. The van der Waals surface area contributed by atoms with Crippen LogP contribution in [0.25, 0.3) is 5.69 Å². The van der Waals surface area contributed by atoms with Gasteiger partial charge in [-0.2, -0.15) is 5.10 Å². The highest BCUT2D eigenvalue weighted by molar-refractivity contribution is 6.31. The molecule has 0 bridgehead atoms. The minimum atomic E-state index is -1.26. The molecule has 2 nitrogen and oxygen atoms in total. The minimum absolute atomic E-state index is 0.102. The lowest BCUT2D eigenvalue weighted by atomic mass is 10.1. The predicted octanol–water partition coefficient (Wildman–Crippen LogP) is 4.88. The maximum Gasteiger partial charge on any atom is 0.161 e. The fourth-order valence-corrected chi connectivity index (χ4v) is 2.64. The molecule has 0 fully saturated rings. The van der Waals surface area contributed by atoms with Gasteiger partial charge in [0.2, 0.25) is 0 Å². The molecule has 0 spiro atoms. The van der Waals surface area contributed by atoms with Crippen molar-refractivity contribution < 1.29 is 13.2 Å². The van der Waals surface area contributed by atoms with E-state index in [0.29, 0.717) is 29.7 Å². The Morgan fingerprint density at radius 2 is 1.76 bits per heavy atom. The first-order valence-corrected chi connectivity index (χ1v) is 7.23. The van der Waals surface area contributed by atoms with Gasteiger partial charge in [-0.3, -0.25) is 0 Å². The van der Waals surface area contributed by atoms with E-state index >= 15 is 0 Å². The third kappa shape index (κ3) is 3.19. The van der Waals surface area contributed by atoms with Gasteiger partial charge in [0.25, 0.3) is 0 Å². The summed E-state index contributed by atoms with van der Waals surface area (Å²) in [5.74, 6) is -2.99. The van der Waals surface area contributed by atoms with Gasteiger partial charge in [-0.25, -0.2) is 17.9 Å². The SMILES string of the molecule is CC(C)Cc1nn(-c2cc(F)c(F)cc2F)c(Cl)c1CCl. The van der Waals surface area contributed by atoms with Crippen LogP contribution in [0, 0.1) is 23.4 Å². The van der Waals surface area contributed by atoms with Gasteiger partial charge >= 0.3 is 0 Å². The van der Waals surface area contributed by atoms with Crippen LogP contribution in [0.3, 0.4) is 0 Å². The average molecular weight is 337 g/mol. The molecule has 1 aromatic carbocycles. The van der Waals surface area contributed by atoms with E-state index in [0.717, 1.165) is 10.7 Å². The average Bonchev–Trinajstić information content (AvgIpc) is 2.69. The molecular weight excluding hydrogens is 324 g/mol. The molecule has 2 rings (SSSR count). The lowest BCUT2D eigenvalue weighted by Gasteiger charge is -2.06. The summed E-state index contributed by atoms with van der Waals surface area (Å²) < 4.78 is 41.2. The molecule has 0 amide bonds. The number of nitrogens with zero attached hydrogens (tertiary/aromatic N) is 2. The van der Waals surface area contributed by atoms with Crippen LogP contribution in [0.2, 0.25) is 5.15 Å². The summed E-state index contributed by atoms with van der Waals surface area (Å²) in [5.41, 5.74) is 0.936. The molecule has 0 aliphatic carbocycles. The van der Waals surface area contributed by atoms with Crippen molar-refractivity contribution >= 4 is 23.2 Å². The molecule has 0 N–H and O–H groups in total. The van der Waals surface area contributed by atoms with Gasteiger partial charge in [-0.15, -0.1) is 11.6 Å². The van der Waals surface area contributed by atoms with Crippen molar-refractivity contribution in [3.63, 3.8) is 0 Å². The summed E-state index contributed by atoms with van der Waals surface area (Å²) in [4.78, 5) is 0. The highest BCUT2D eigenvalue weighted by atomic mass is 35.5. The van der Waals surface area contributed by atoms with E-state index < -0.39 is 17.5 Å². The zero-order valence-corrected chi connectivity index (χ0v) is 12.9. The summed E-state index contributed by atoms with van der Waals surface area (Å²) in [6.45, 7) is 3.98. The molecule has 1 aromatic heterocycles. The number of benzene rings is 1. The van der Waals surface area contributed by atoms with Crippen molar-refractivity contribution in [3.05, 3.63) is 46.0 Å².